The monoisotopic (exact) mass is 235 g/mol. The van der Waals surface area contributed by atoms with Crippen molar-refractivity contribution in [3.05, 3.63) is 29.8 Å². The molecule has 0 aliphatic carbocycles. The van der Waals surface area contributed by atoms with Crippen LogP contribution in [0.5, 0.6) is 5.75 Å². The smallest absolute Gasteiger partial charge is 0.308 e. The number of hydrogen-bond donors (Lipinski definition) is 1. The lowest BCUT2D eigenvalue weighted by molar-refractivity contribution is -0.131. The van der Waals surface area contributed by atoms with Crippen molar-refractivity contribution in [1.29, 1.82) is 0 Å². The summed E-state index contributed by atoms with van der Waals surface area (Å²) in [5, 5.41) is 2.86. The summed E-state index contributed by atoms with van der Waals surface area (Å²) in [7, 11) is 0. The molecule has 0 fully saturated rings. The van der Waals surface area contributed by atoms with E-state index in [9.17, 15) is 9.59 Å². The third kappa shape index (κ3) is 4.26. The van der Waals surface area contributed by atoms with Crippen LogP contribution in [0.2, 0.25) is 0 Å². The number of amides is 1. The molecular formula is C13H17NO3. The van der Waals surface area contributed by atoms with Gasteiger partial charge in [-0.1, -0.05) is 6.92 Å². The fraction of sp³-hybridized carbons (Fsp3) is 0.385. The number of carbonyl (C=O) groups is 2. The minimum Gasteiger partial charge on any atom is -0.427 e. The van der Waals surface area contributed by atoms with Crippen LogP contribution in [-0.2, 0) is 4.79 Å². The highest BCUT2D eigenvalue weighted by molar-refractivity contribution is 5.94. The zero-order valence-electron chi connectivity index (χ0n) is 10.3. The summed E-state index contributed by atoms with van der Waals surface area (Å²) in [6.45, 7) is 5.30. The van der Waals surface area contributed by atoms with Crippen molar-refractivity contribution >= 4 is 11.9 Å². The molecule has 4 nitrogen and oxygen atoms in total. The molecule has 0 heterocycles. The van der Waals surface area contributed by atoms with E-state index >= 15 is 0 Å². The van der Waals surface area contributed by atoms with Gasteiger partial charge in [0.25, 0.3) is 5.91 Å². The van der Waals surface area contributed by atoms with E-state index < -0.39 is 0 Å². The SMILES string of the molecule is CCC(C)NC(=O)c1ccc(OC(C)=O)cc1. The van der Waals surface area contributed by atoms with Gasteiger partial charge in [0.05, 0.1) is 0 Å². The maximum atomic E-state index is 11.7. The molecule has 0 aliphatic rings. The lowest BCUT2D eigenvalue weighted by Crippen LogP contribution is -2.31. The lowest BCUT2D eigenvalue weighted by atomic mass is 10.2. The Morgan fingerprint density at radius 2 is 1.88 bits per heavy atom. The summed E-state index contributed by atoms with van der Waals surface area (Å²) in [4.78, 5) is 22.4. The predicted molar refractivity (Wildman–Crippen MR) is 65.0 cm³/mol. The highest BCUT2D eigenvalue weighted by Gasteiger charge is 2.08. The molecule has 0 bridgehead atoms. The predicted octanol–water partition coefficient (Wildman–Crippen LogP) is 2.14. The van der Waals surface area contributed by atoms with Crippen molar-refractivity contribution in [3.63, 3.8) is 0 Å². The van der Waals surface area contributed by atoms with Crippen LogP contribution < -0.4 is 10.1 Å². The minimum atomic E-state index is -0.373. The molecule has 4 heteroatoms. The maximum Gasteiger partial charge on any atom is 0.308 e. The molecule has 1 aromatic carbocycles. The summed E-state index contributed by atoms with van der Waals surface area (Å²) in [5.74, 6) is -0.0480. The van der Waals surface area contributed by atoms with Gasteiger partial charge in [0.1, 0.15) is 5.75 Å². The molecule has 0 saturated heterocycles. The van der Waals surface area contributed by atoms with Gasteiger partial charge in [-0.3, -0.25) is 9.59 Å². The average Bonchev–Trinajstić information content (AvgIpc) is 2.28. The van der Waals surface area contributed by atoms with Crippen molar-refractivity contribution in [2.75, 3.05) is 0 Å². The molecule has 0 spiro atoms. The molecule has 1 N–H and O–H groups in total. The topological polar surface area (TPSA) is 55.4 Å². The molecule has 92 valence electrons. The summed E-state index contributed by atoms with van der Waals surface area (Å²) in [6.07, 6.45) is 0.886. The summed E-state index contributed by atoms with van der Waals surface area (Å²) >= 11 is 0. The second-order valence-electron chi connectivity index (χ2n) is 3.90. The molecule has 1 aromatic rings. The van der Waals surface area contributed by atoms with E-state index in [1.807, 2.05) is 13.8 Å². The first-order chi connectivity index (χ1) is 8.02. The van der Waals surface area contributed by atoms with Gasteiger partial charge in [-0.2, -0.15) is 0 Å². The van der Waals surface area contributed by atoms with Crippen LogP contribution in [0, 0.1) is 0 Å². The normalized spacial score (nSPS) is 11.7. The quantitative estimate of drug-likeness (QED) is 0.642. The first-order valence-corrected chi connectivity index (χ1v) is 5.62. The number of benzene rings is 1. The van der Waals surface area contributed by atoms with Crippen LogP contribution in [-0.4, -0.2) is 17.9 Å². The van der Waals surface area contributed by atoms with Gasteiger partial charge in [0, 0.05) is 18.5 Å². The third-order valence-corrected chi connectivity index (χ3v) is 2.37. The van der Waals surface area contributed by atoms with E-state index in [0.29, 0.717) is 11.3 Å². The van der Waals surface area contributed by atoms with Gasteiger partial charge in [-0.05, 0) is 37.6 Å². The third-order valence-electron chi connectivity index (χ3n) is 2.37. The van der Waals surface area contributed by atoms with Gasteiger partial charge < -0.3 is 10.1 Å². The van der Waals surface area contributed by atoms with Crippen LogP contribution in [0.15, 0.2) is 24.3 Å². The van der Waals surface area contributed by atoms with Crippen LogP contribution in [0.1, 0.15) is 37.6 Å². The Hall–Kier alpha value is -1.84. The van der Waals surface area contributed by atoms with Gasteiger partial charge in [-0.15, -0.1) is 0 Å². The zero-order valence-corrected chi connectivity index (χ0v) is 10.3. The molecule has 17 heavy (non-hydrogen) atoms. The van der Waals surface area contributed by atoms with Crippen LogP contribution in [0.4, 0.5) is 0 Å². The van der Waals surface area contributed by atoms with E-state index in [4.69, 9.17) is 4.74 Å². The van der Waals surface area contributed by atoms with Gasteiger partial charge >= 0.3 is 5.97 Å². The molecule has 0 aromatic heterocycles. The Balaban J connectivity index is 2.67. The van der Waals surface area contributed by atoms with E-state index in [1.165, 1.54) is 6.92 Å². The maximum absolute atomic E-state index is 11.7. The number of hydrogen-bond acceptors (Lipinski definition) is 3. The largest absolute Gasteiger partial charge is 0.427 e. The zero-order chi connectivity index (χ0) is 12.8. The Bertz CT molecular complexity index is 398. The van der Waals surface area contributed by atoms with Crippen molar-refractivity contribution in [3.8, 4) is 5.75 Å². The average molecular weight is 235 g/mol. The van der Waals surface area contributed by atoms with Gasteiger partial charge in [0.2, 0.25) is 0 Å². The fourth-order valence-corrected chi connectivity index (χ4v) is 1.25. The first-order valence-electron chi connectivity index (χ1n) is 5.62. The second kappa shape index (κ2) is 6.03. The Kier molecular flexibility index (Phi) is 4.69. The number of ether oxygens (including phenoxy) is 1. The second-order valence-corrected chi connectivity index (χ2v) is 3.90. The molecule has 1 unspecified atom stereocenters. The standard InChI is InChI=1S/C13H17NO3/c1-4-9(2)14-13(16)11-5-7-12(8-6-11)17-10(3)15/h5-9H,4H2,1-3H3,(H,14,16). The van der Waals surface area contributed by atoms with Gasteiger partial charge in [0.15, 0.2) is 0 Å². The van der Waals surface area contributed by atoms with Crippen molar-refractivity contribution in [2.45, 2.75) is 33.2 Å². The molecule has 1 rings (SSSR count). The molecule has 0 aliphatic heterocycles. The Morgan fingerprint density at radius 3 is 2.35 bits per heavy atom. The number of carbonyl (C=O) groups excluding carboxylic acids is 2. The first kappa shape index (κ1) is 13.2. The summed E-state index contributed by atoms with van der Waals surface area (Å²) in [6, 6.07) is 6.63. The van der Waals surface area contributed by atoms with Gasteiger partial charge in [-0.25, -0.2) is 0 Å². The lowest BCUT2D eigenvalue weighted by Gasteiger charge is -2.11. The van der Waals surface area contributed by atoms with E-state index in [2.05, 4.69) is 5.32 Å². The van der Waals surface area contributed by atoms with E-state index in [0.717, 1.165) is 6.42 Å². The highest BCUT2D eigenvalue weighted by Crippen LogP contribution is 2.12. The van der Waals surface area contributed by atoms with Crippen LogP contribution in [0.3, 0.4) is 0 Å². The van der Waals surface area contributed by atoms with E-state index in [-0.39, 0.29) is 17.9 Å². The number of nitrogens with one attached hydrogen (secondary N) is 1. The number of rotatable bonds is 4. The molecule has 0 saturated carbocycles. The van der Waals surface area contributed by atoms with Crippen molar-refractivity contribution in [2.24, 2.45) is 0 Å². The van der Waals surface area contributed by atoms with Crippen molar-refractivity contribution in [1.82, 2.24) is 5.32 Å². The molecule has 1 amide bonds. The number of esters is 1. The summed E-state index contributed by atoms with van der Waals surface area (Å²) in [5.41, 5.74) is 0.557. The Labute approximate surface area is 101 Å². The minimum absolute atomic E-state index is 0.117. The molecular weight excluding hydrogens is 218 g/mol. The summed E-state index contributed by atoms with van der Waals surface area (Å²) < 4.78 is 4.88. The molecule has 1 atom stereocenters. The van der Waals surface area contributed by atoms with E-state index in [1.54, 1.807) is 24.3 Å². The Morgan fingerprint density at radius 1 is 1.29 bits per heavy atom. The molecule has 0 radical (unpaired) electrons. The van der Waals surface area contributed by atoms with Crippen LogP contribution in [0.25, 0.3) is 0 Å². The highest BCUT2D eigenvalue weighted by atomic mass is 16.5. The van der Waals surface area contributed by atoms with Crippen molar-refractivity contribution < 1.29 is 14.3 Å². The fourth-order valence-electron chi connectivity index (χ4n) is 1.25. The van der Waals surface area contributed by atoms with Crippen LogP contribution >= 0.6 is 0 Å².